The molecular formula is C15H20BrClN4. The van der Waals surface area contributed by atoms with Crippen molar-refractivity contribution < 1.29 is 0 Å². The molecule has 2 rings (SSSR count). The van der Waals surface area contributed by atoms with Gasteiger partial charge in [-0.2, -0.15) is 5.10 Å². The summed E-state index contributed by atoms with van der Waals surface area (Å²) >= 11 is 9.94. The van der Waals surface area contributed by atoms with E-state index in [0.717, 1.165) is 32.9 Å². The smallest absolute Gasteiger partial charge is 0.0850 e. The average Bonchev–Trinajstić information content (AvgIpc) is 2.74. The Morgan fingerprint density at radius 1 is 1.48 bits per heavy atom. The third kappa shape index (κ3) is 3.48. The lowest BCUT2D eigenvalue weighted by atomic mass is 9.98. The topological polar surface area (TPSA) is 55.9 Å². The van der Waals surface area contributed by atoms with Crippen LogP contribution in [0.5, 0.6) is 0 Å². The summed E-state index contributed by atoms with van der Waals surface area (Å²) in [5.41, 5.74) is 7.16. The minimum absolute atomic E-state index is 0.0138. The second-order valence-corrected chi connectivity index (χ2v) is 6.40. The summed E-state index contributed by atoms with van der Waals surface area (Å²) in [6, 6.07) is 6.18. The molecule has 1 aromatic heterocycles. The highest BCUT2D eigenvalue weighted by Crippen LogP contribution is 2.28. The van der Waals surface area contributed by atoms with Gasteiger partial charge in [0.1, 0.15) is 0 Å². The van der Waals surface area contributed by atoms with Gasteiger partial charge in [0, 0.05) is 17.9 Å². The Bertz CT molecular complexity index is 639. The normalized spacial score (nSPS) is 12.7. The summed E-state index contributed by atoms with van der Waals surface area (Å²) in [7, 11) is 1.92. The third-order valence-electron chi connectivity index (χ3n) is 3.72. The summed E-state index contributed by atoms with van der Waals surface area (Å²) in [5, 5.41) is 5.20. The fourth-order valence-electron chi connectivity index (χ4n) is 2.48. The van der Waals surface area contributed by atoms with Crippen molar-refractivity contribution in [3.8, 4) is 0 Å². The Hall–Kier alpha value is -0.880. The first-order chi connectivity index (χ1) is 9.97. The van der Waals surface area contributed by atoms with E-state index in [4.69, 9.17) is 17.4 Å². The standard InChI is InChI=1S/C15H20BrClN4/c1-4-12-15(17)14(21(3)20-12)8-13(19-18)11-7-10(16)6-5-9(11)2/h5-7,13,19H,4,8,18H2,1-3H3. The Morgan fingerprint density at radius 3 is 2.76 bits per heavy atom. The molecule has 0 aliphatic carbocycles. The molecule has 3 N–H and O–H groups in total. The van der Waals surface area contributed by atoms with Gasteiger partial charge in [-0.15, -0.1) is 0 Å². The predicted octanol–water partition coefficient (Wildman–Crippen LogP) is 3.45. The molecule has 21 heavy (non-hydrogen) atoms. The van der Waals surface area contributed by atoms with Crippen molar-refractivity contribution in [2.75, 3.05) is 0 Å². The van der Waals surface area contributed by atoms with Gasteiger partial charge in [-0.25, -0.2) is 0 Å². The van der Waals surface area contributed by atoms with Crippen molar-refractivity contribution in [1.29, 1.82) is 0 Å². The summed E-state index contributed by atoms with van der Waals surface area (Å²) in [6.45, 7) is 4.13. The molecule has 0 saturated carbocycles. The Morgan fingerprint density at radius 2 is 2.19 bits per heavy atom. The van der Waals surface area contributed by atoms with E-state index in [9.17, 15) is 0 Å². The minimum atomic E-state index is -0.0138. The maximum Gasteiger partial charge on any atom is 0.0850 e. The number of halogens is 2. The van der Waals surface area contributed by atoms with Crippen molar-refractivity contribution >= 4 is 27.5 Å². The van der Waals surface area contributed by atoms with Gasteiger partial charge in [0.25, 0.3) is 0 Å². The number of nitrogens with zero attached hydrogens (tertiary/aromatic N) is 2. The maximum absolute atomic E-state index is 6.43. The quantitative estimate of drug-likeness (QED) is 0.625. The third-order valence-corrected chi connectivity index (χ3v) is 4.65. The van der Waals surface area contributed by atoms with E-state index in [0.29, 0.717) is 6.42 Å². The molecule has 0 amide bonds. The van der Waals surface area contributed by atoms with Crippen LogP contribution in [0.1, 0.15) is 35.5 Å². The molecule has 0 bridgehead atoms. The molecule has 1 unspecified atom stereocenters. The Balaban J connectivity index is 2.36. The molecule has 1 heterocycles. The molecule has 6 heteroatoms. The molecule has 0 aliphatic heterocycles. The number of aryl methyl sites for hydroxylation is 3. The molecule has 114 valence electrons. The zero-order chi connectivity index (χ0) is 15.6. The van der Waals surface area contributed by atoms with E-state index in [2.05, 4.69) is 52.4 Å². The molecular weight excluding hydrogens is 352 g/mol. The lowest BCUT2D eigenvalue weighted by Gasteiger charge is -2.19. The molecule has 1 aromatic carbocycles. The molecule has 0 spiro atoms. The first-order valence-corrected chi connectivity index (χ1v) is 8.07. The number of nitrogens with one attached hydrogen (secondary N) is 1. The minimum Gasteiger partial charge on any atom is -0.271 e. The molecule has 0 fully saturated rings. The van der Waals surface area contributed by atoms with Crippen LogP contribution in [-0.4, -0.2) is 9.78 Å². The van der Waals surface area contributed by atoms with Gasteiger partial charge in [0.05, 0.1) is 22.5 Å². The fourth-order valence-corrected chi connectivity index (χ4v) is 3.23. The highest BCUT2D eigenvalue weighted by molar-refractivity contribution is 9.10. The lowest BCUT2D eigenvalue weighted by molar-refractivity contribution is 0.527. The van der Waals surface area contributed by atoms with Gasteiger partial charge in [-0.3, -0.25) is 16.0 Å². The first kappa shape index (κ1) is 16.5. The number of benzene rings is 1. The van der Waals surface area contributed by atoms with Gasteiger partial charge in [0.2, 0.25) is 0 Å². The number of nitrogens with two attached hydrogens (primary N) is 1. The van der Waals surface area contributed by atoms with Crippen molar-refractivity contribution in [3.63, 3.8) is 0 Å². The SMILES string of the molecule is CCc1nn(C)c(CC(NN)c2cc(Br)ccc2C)c1Cl. The van der Waals surface area contributed by atoms with Gasteiger partial charge in [-0.05, 0) is 36.6 Å². The average molecular weight is 372 g/mol. The fraction of sp³-hybridized carbons (Fsp3) is 0.400. The van der Waals surface area contributed by atoms with Crippen LogP contribution in [0.25, 0.3) is 0 Å². The van der Waals surface area contributed by atoms with Crippen molar-refractivity contribution in [2.45, 2.75) is 32.7 Å². The van der Waals surface area contributed by atoms with Gasteiger partial charge >= 0.3 is 0 Å². The van der Waals surface area contributed by atoms with Gasteiger partial charge < -0.3 is 0 Å². The van der Waals surface area contributed by atoms with Crippen molar-refractivity contribution in [3.05, 3.63) is 50.2 Å². The van der Waals surface area contributed by atoms with Crippen LogP contribution in [0, 0.1) is 6.92 Å². The van der Waals surface area contributed by atoms with E-state index >= 15 is 0 Å². The number of hydrogen-bond donors (Lipinski definition) is 2. The largest absolute Gasteiger partial charge is 0.271 e. The summed E-state index contributed by atoms with van der Waals surface area (Å²) in [5.74, 6) is 5.77. The van der Waals surface area contributed by atoms with Crippen LogP contribution >= 0.6 is 27.5 Å². The molecule has 0 aliphatic rings. The highest BCUT2D eigenvalue weighted by Gasteiger charge is 2.20. The summed E-state index contributed by atoms with van der Waals surface area (Å²) in [4.78, 5) is 0. The van der Waals surface area contributed by atoms with Crippen LogP contribution < -0.4 is 11.3 Å². The second kappa shape index (κ2) is 6.92. The van der Waals surface area contributed by atoms with E-state index in [1.165, 1.54) is 5.56 Å². The van der Waals surface area contributed by atoms with E-state index in [1.807, 2.05) is 17.8 Å². The van der Waals surface area contributed by atoms with Gasteiger partial charge in [-0.1, -0.05) is 40.5 Å². The highest BCUT2D eigenvalue weighted by atomic mass is 79.9. The summed E-state index contributed by atoms with van der Waals surface area (Å²) in [6.07, 6.45) is 1.51. The van der Waals surface area contributed by atoms with Crippen LogP contribution in [0.3, 0.4) is 0 Å². The van der Waals surface area contributed by atoms with Crippen LogP contribution in [-0.2, 0) is 19.9 Å². The van der Waals surface area contributed by atoms with Crippen molar-refractivity contribution in [1.82, 2.24) is 15.2 Å². The molecule has 0 radical (unpaired) electrons. The number of aromatic nitrogens is 2. The second-order valence-electron chi connectivity index (χ2n) is 5.11. The van der Waals surface area contributed by atoms with Crippen LogP contribution in [0.4, 0.5) is 0 Å². The molecule has 1 atom stereocenters. The van der Waals surface area contributed by atoms with Crippen LogP contribution in [0.2, 0.25) is 5.02 Å². The maximum atomic E-state index is 6.43. The van der Waals surface area contributed by atoms with Gasteiger partial charge in [0.15, 0.2) is 0 Å². The first-order valence-electron chi connectivity index (χ1n) is 6.90. The Kier molecular flexibility index (Phi) is 5.43. The Labute approximate surface area is 138 Å². The number of rotatable bonds is 5. The number of hydrazine groups is 1. The summed E-state index contributed by atoms with van der Waals surface area (Å²) < 4.78 is 2.88. The monoisotopic (exact) mass is 370 g/mol. The predicted molar refractivity (Wildman–Crippen MR) is 90.2 cm³/mol. The zero-order valence-corrected chi connectivity index (χ0v) is 14.8. The van der Waals surface area contributed by atoms with E-state index < -0.39 is 0 Å². The molecule has 2 aromatic rings. The van der Waals surface area contributed by atoms with E-state index in [-0.39, 0.29) is 6.04 Å². The zero-order valence-electron chi connectivity index (χ0n) is 12.5. The van der Waals surface area contributed by atoms with Crippen molar-refractivity contribution in [2.24, 2.45) is 12.9 Å². The van der Waals surface area contributed by atoms with E-state index in [1.54, 1.807) is 0 Å². The molecule has 4 nitrogen and oxygen atoms in total. The number of hydrogen-bond acceptors (Lipinski definition) is 3. The molecule has 0 saturated heterocycles. The lowest BCUT2D eigenvalue weighted by Crippen LogP contribution is -2.30. The van der Waals surface area contributed by atoms with Crippen LogP contribution in [0.15, 0.2) is 22.7 Å².